The van der Waals surface area contributed by atoms with Gasteiger partial charge in [0.25, 0.3) is 5.56 Å². The minimum atomic E-state index is -0.131. The molecule has 1 aromatic carbocycles. The van der Waals surface area contributed by atoms with Crippen LogP contribution in [0.25, 0.3) is 10.9 Å². The second kappa shape index (κ2) is 4.71. The highest BCUT2D eigenvalue weighted by Crippen LogP contribution is 2.44. The summed E-state index contributed by atoms with van der Waals surface area (Å²) in [6, 6.07) is 7.77. The van der Waals surface area contributed by atoms with Crippen LogP contribution >= 0.6 is 0 Å². The van der Waals surface area contributed by atoms with Crippen LogP contribution in [0.2, 0.25) is 0 Å². The summed E-state index contributed by atoms with van der Waals surface area (Å²) in [5, 5.41) is 17.5. The van der Waals surface area contributed by atoms with Gasteiger partial charge in [-0.15, -0.1) is 15.3 Å². The average Bonchev–Trinajstić information content (AvgIpc) is 3.49. The van der Waals surface area contributed by atoms with Crippen molar-refractivity contribution in [1.29, 1.82) is 0 Å². The van der Waals surface area contributed by atoms with Crippen molar-refractivity contribution in [3.8, 4) is 0 Å². The summed E-state index contributed by atoms with van der Waals surface area (Å²) in [6.45, 7) is 0.326. The van der Waals surface area contributed by atoms with E-state index in [0.29, 0.717) is 29.4 Å². The fourth-order valence-electron chi connectivity index (χ4n) is 3.06. The maximum atomic E-state index is 12.6. The van der Waals surface area contributed by atoms with E-state index < -0.39 is 0 Å². The van der Waals surface area contributed by atoms with E-state index >= 15 is 0 Å². The van der Waals surface area contributed by atoms with E-state index in [1.54, 1.807) is 12.1 Å². The van der Waals surface area contributed by atoms with Gasteiger partial charge in [0.15, 0.2) is 5.82 Å². The van der Waals surface area contributed by atoms with Crippen LogP contribution in [0.15, 0.2) is 29.1 Å². The van der Waals surface area contributed by atoms with Crippen molar-refractivity contribution in [2.45, 2.75) is 44.2 Å². The number of nitrogens with zero attached hydrogens (tertiary/aromatic N) is 6. The van der Waals surface area contributed by atoms with Crippen LogP contribution in [0.5, 0.6) is 0 Å². The van der Waals surface area contributed by atoms with Crippen molar-refractivity contribution in [3.63, 3.8) is 0 Å². The SMILES string of the molecule is O=c1c2ccccc2nnn1Cc1nnc(C2CC2)n1C1CC1. The highest BCUT2D eigenvalue weighted by Gasteiger charge is 2.36. The lowest BCUT2D eigenvalue weighted by molar-refractivity contribution is 0.546. The summed E-state index contributed by atoms with van der Waals surface area (Å²) in [5.41, 5.74) is 0.491. The second-order valence-corrected chi connectivity index (χ2v) is 6.42. The van der Waals surface area contributed by atoms with Crippen LogP contribution in [0.4, 0.5) is 0 Å². The van der Waals surface area contributed by atoms with Crippen LogP contribution in [0, 0.1) is 0 Å². The Morgan fingerprint density at radius 3 is 2.65 bits per heavy atom. The number of benzene rings is 1. The summed E-state index contributed by atoms with van der Waals surface area (Å²) in [5.74, 6) is 2.46. The highest BCUT2D eigenvalue weighted by molar-refractivity contribution is 5.76. The predicted octanol–water partition coefficient (Wildman–Crippen LogP) is 1.64. The molecule has 2 aromatic heterocycles. The lowest BCUT2D eigenvalue weighted by atomic mass is 10.2. The van der Waals surface area contributed by atoms with E-state index in [4.69, 9.17) is 0 Å². The fourth-order valence-corrected chi connectivity index (χ4v) is 3.06. The molecule has 0 N–H and O–H groups in total. The molecule has 2 heterocycles. The van der Waals surface area contributed by atoms with Crippen molar-refractivity contribution >= 4 is 10.9 Å². The molecule has 2 saturated carbocycles. The average molecular weight is 308 g/mol. The van der Waals surface area contributed by atoms with Crippen LogP contribution in [0.3, 0.4) is 0 Å². The van der Waals surface area contributed by atoms with Gasteiger partial charge in [-0.25, -0.2) is 4.68 Å². The largest absolute Gasteiger partial charge is 0.310 e. The van der Waals surface area contributed by atoms with Crippen molar-refractivity contribution in [3.05, 3.63) is 46.3 Å². The molecule has 116 valence electrons. The minimum Gasteiger partial charge on any atom is -0.310 e. The van der Waals surface area contributed by atoms with Crippen LogP contribution in [-0.4, -0.2) is 29.8 Å². The van der Waals surface area contributed by atoms with Crippen molar-refractivity contribution in [2.24, 2.45) is 0 Å². The normalized spacial score (nSPS) is 17.7. The first-order chi connectivity index (χ1) is 11.3. The van der Waals surface area contributed by atoms with E-state index in [1.807, 2.05) is 12.1 Å². The third-order valence-corrected chi connectivity index (χ3v) is 4.57. The third kappa shape index (κ3) is 2.15. The van der Waals surface area contributed by atoms with E-state index in [0.717, 1.165) is 11.6 Å². The first-order valence-corrected chi connectivity index (χ1v) is 8.07. The van der Waals surface area contributed by atoms with Gasteiger partial charge >= 0.3 is 0 Å². The van der Waals surface area contributed by atoms with Gasteiger partial charge in [0.05, 0.1) is 5.39 Å². The Morgan fingerprint density at radius 1 is 1.04 bits per heavy atom. The molecule has 2 fully saturated rings. The fraction of sp³-hybridized carbons (Fsp3) is 0.438. The van der Waals surface area contributed by atoms with Gasteiger partial charge in [-0.3, -0.25) is 4.79 Å². The predicted molar refractivity (Wildman–Crippen MR) is 83.2 cm³/mol. The van der Waals surface area contributed by atoms with Gasteiger partial charge < -0.3 is 4.57 Å². The maximum Gasteiger partial charge on any atom is 0.278 e. The second-order valence-electron chi connectivity index (χ2n) is 6.42. The van der Waals surface area contributed by atoms with Gasteiger partial charge in [0.1, 0.15) is 17.9 Å². The molecule has 0 saturated heterocycles. The molecule has 0 spiro atoms. The third-order valence-electron chi connectivity index (χ3n) is 4.57. The topological polar surface area (TPSA) is 78.5 Å². The molecule has 23 heavy (non-hydrogen) atoms. The Kier molecular flexibility index (Phi) is 2.65. The Labute approximate surface area is 132 Å². The molecule has 3 aromatic rings. The monoisotopic (exact) mass is 308 g/mol. The molecule has 0 radical (unpaired) electrons. The van der Waals surface area contributed by atoms with Gasteiger partial charge in [-0.2, -0.15) is 0 Å². The van der Waals surface area contributed by atoms with Gasteiger partial charge in [-0.1, -0.05) is 17.3 Å². The molecular weight excluding hydrogens is 292 g/mol. The quantitative estimate of drug-likeness (QED) is 0.732. The molecule has 0 unspecified atom stereocenters. The molecule has 2 aliphatic carbocycles. The van der Waals surface area contributed by atoms with E-state index in [2.05, 4.69) is 25.1 Å². The number of aromatic nitrogens is 6. The van der Waals surface area contributed by atoms with Crippen LogP contribution in [-0.2, 0) is 6.54 Å². The molecule has 0 amide bonds. The van der Waals surface area contributed by atoms with Gasteiger partial charge in [-0.05, 0) is 37.8 Å². The number of fused-ring (bicyclic) bond motifs is 1. The molecule has 0 atom stereocenters. The zero-order chi connectivity index (χ0) is 15.4. The Morgan fingerprint density at radius 2 is 1.87 bits per heavy atom. The van der Waals surface area contributed by atoms with Crippen molar-refractivity contribution < 1.29 is 0 Å². The van der Waals surface area contributed by atoms with E-state index in [-0.39, 0.29) is 5.56 Å². The molecular formula is C16H16N6O. The highest BCUT2D eigenvalue weighted by atomic mass is 16.1. The molecule has 5 rings (SSSR count). The maximum absolute atomic E-state index is 12.6. The summed E-state index contributed by atoms with van der Waals surface area (Å²) in [6.07, 6.45) is 4.73. The Bertz CT molecular complexity index is 951. The Hall–Kier alpha value is -2.57. The zero-order valence-corrected chi connectivity index (χ0v) is 12.6. The molecule has 7 nitrogen and oxygen atoms in total. The van der Waals surface area contributed by atoms with Crippen molar-refractivity contribution in [2.75, 3.05) is 0 Å². The first kappa shape index (κ1) is 12.9. The molecule has 0 bridgehead atoms. The molecule has 0 aliphatic heterocycles. The summed E-state index contributed by atoms with van der Waals surface area (Å²) in [7, 11) is 0. The number of rotatable bonds is 4. The zero-order valence-electron chi connectivity index (χ0n) is 12.6. The first-order valence-electron chi connectivity index (χ1n) is 8.07. The molecule has 2 aliphatic rings. The number of hydrogen-bond acceptors (Lipinski definition) is 5. The van der Waals surface area contributed by atoms with E-state index in [1.165, 1.54) is 30.4 Å². The van der Waals surface area contributed by atoms with Crippen LogP contribution in [0.1, 0.15) is 49.3 Å². The van der Waals surface area contributed by atoms with Gasteiger partial charge in [0, 0.05) is 12.0 Å². The lowest BCUT2D eigenvalue weighted by Crippen LogP contribution is -2.26. The van der Waals surface area contributed by atoms with Gasteiger partial charge in [0.2, 0.25) is 0 Å². The molecule has 7 heteroatoms. The lowest BCUT2D eigenvalue weighted by Gasteiger charge is -2.09. The van der Waals surface area contributed by atoms with Crippen molar-refractivity contribution in [1.82, 2.24) is 29.8 Å². The smallest absolute Gasteiger partial charge is 0.278 e. The standard InChI is InChI=1S/C16H16N6O/c23-16-12-3-1-2-4-13(12)17-20-21(16)9-14-18-19-15(10-5-6-10)22(14)11-7-8-11/h1-4,10-11H,5-9H2. The minimum absolute atomic E-state index is 0.131. The Balaban J connectivity index is 1.57. The summed E-state index contributed by atoms with van der Waals surface area (Å²) in [4.78, 5) is 12.6. The summed E-state index contributed by atoms with van der Waals surface area (Å²) >= 11 is 0. The van der Waals surface area contributed by atoms with E-state index in [9.17, 15) is 4.79 Å². The van der Waals surface area contributed by atoms with Crippen LogP contribution < -0.4 is 5.56 Å². The number of hydrogen-bond donors (Lipinski definition) is 0. The summed E-state index contributed by atoms with van der Waals surface area (Å²) < 4.78 is 3.63.